The first-order valence-corrected chi connectivity index (χ1v) is 5.79. The van der Waals surface area contributed by atoms with Gasteiger partial charge in [-0.05, 0) is 37.1 Å². The monoisotopic (exact) mass is 273 g/mol. The molecule has 0 spiro atoms. The summed E-state index contributed by atoms with van der Waals surface area (Å²) < 4.78 is 1.07. The van der Waals surface area contributed by atoms with E-state index in [4.69, 9.17) is 11.6 Å². The predicted octanol–water partition coefficient (Wildman–Crippen LogP) is 4.83. The molecule has 0 radical (unpaired) electrons. The molecule has 1 aromatic rings. The highest BCUT2D eigenvalue weighted by Crippen LogP contribution is 2.23. The van der Waals surface area contributed by atoms with Crippen molar-refractivity contribution in [3.8, 4) is 0 Å². The summed E-state index contributed by atoms with van der Waals surface area (Å²) in [4.78, 5) is 4.35. The molecule has 0 atom stereocenters. The van der Waals surface area contributed by atoms with E-state index in [0.717, 1.165) is 28.6 Å². The van der Waals surface area contributed by atoms with E-state index in [1.165, 1.54) is 0 Å². The van der Waals surface area contributed by atoms with Crippen LogP contribution < -0.4 is 0 Å². The Morgan fingerprint density at radius 3 is 2.79 bits per heavy atom. The van der Waals surface area contributed by atoms with Crippen LogP contribution in [-0.4, -0.2) is 5.17 Å². The third-order valence-electron chi connectivity index (χ3n) is 1.86. The average Bonchev–Trinajstić information content (AvgIpc) is 2.10. The molecule has 0 saturated carbocycles. The molecule has 3 heteroatoms. The van der Waals surface area contributed by atoms with E-state index in [1.807, 2.05) is 25.1 Å². The van der Waals surface area contributed by atoms with Crippen molar-refractivity contribution in [3.63, 3.8) is 0 Å². The van der Waals surface area contributed by atoms with Crippen LogP contribution in [0.3, 0.4) is 0 Å². The van der Waals surface area contributed by atoms with Gasteiger partial charge in [-0.15, -0.1) is 0 Å². The van der Waals surface area contributed by atoms with Gasteiger partial charge in [0, 0.05) is 10.9 Å². The number of hydrogen-bond donors (Lipinski definition) is 0. The fourth-order valence-electron chi connectivity index (χ4n) is 1.14. The van der Waals surface area contributed by atoms with Gasteiger partial charge in [0.15, 0.2) is 0 Å². The minimum absolute atomic E-state index is 0.679. The molecule has 0 amide bonds. The lowest BCUT2D eigenvalue weighted by Crippen LogP contribution is -1.85. The van der Waals surface area contributed by atoms with Crippen LogP contribution in [0.2, 0.25) is 0 Å². The van der Waals surface area contributed by atoms with Crippen molar-refractivity contribution < 1.29 is 0 Å². The van der Waals surface area contributed by atoms with Gasteiger partial charge in [-0.2, -0.15) is 0 Å². The van der Waals surface area contributed by atoms with E-state index in [9.17, 15) is 0 Å². The minimum Gasteiger partial charge on any atom is -0.241 e. The summed E-state index contributed by atoms with van der Waals surface area (Å²) in [5.74, 6) is 0. The first kappa shape index (κ1) is 11.7. The van der Waals surface area contributed by atoms with Crippen LogP contribution in [0.15, 0.2) is 27.7 Å². The summed E-state index contributed by atoms with van der Waals surface area (Å²) in [5, 5.41) is 0.679. The second kappa shape index (κ2) is 5.52. The van der Waals surface area contributed by atoms with Gasteiger partial charge in [0.25, 0.3) is 0 Å². The van der Waals surface area contributed by atoms with Gasteiger partial charge >= 0.3 is 0 Å². The van der Waals surface area contributed by atoms with Crippen molar-refractivity contribution in [2.75, 3.05) is 0 Å². The highest BCUT2D eigenvalue weighted by molar-refractivity contribution is 9.10. The highest BCUT2D eigenvalue weighted by Gasteiger charge is 1.98. The largest absolute Gasteiger partial charge is 0.241 e. The summed E-state index contributed by atoms with van der Waals surface area (Å²) in [7, 11) is 0. The van der Waals surface area contributed by atoms with E-state index in [1.54, 1.807) is 0 Å². The van der Waals surface area contributed by atoms with Crippen molar-refractivity contribution in [1.82, 2.24) is 0 Å². The van der Waals surface area contributed by atoms with E-state index in [-0.39, 0.29) is 0 Å². The molecule has 0 aliphatic carbocycles. The fourth-order valence-corrected chi connectivity index (χ4v) is 1.89. The van der Waals surface area contributed by atoms with Gasteiger partial charge in [0.1, 0.15) is 5.17 Å². The number of halogens is 2. The zero-order valence-electron chi connectivity index (χ0n) is 8.35. The Bertz CT molecular complexity index is 347. The zero-order valence-corrected chi connectivity index (χ0v) is 10.7. The number of benzene rings is 1. The lowest BCUT2D eigenvalue weighted by Gasteiger charge is -2.01. The Morgan fingerprint density at radius 2 is 2.21 bits per heavy atom. The topological polar surface area (TPSA) is 12.4 Å². The normalized spacial score (nSPS) is 11.9. The summed E-state index contributed by atoms with van der Waals surface area (Å²) in [5.41, 5.74) is 2.08. The van der Waals surface area contributed by atoms with Crippen LogP contribution >= 0.6 is 27.5 Å². The van der Waals surface area contributed by atoms with Crippen molar-refractivity contribution >= 4 is 38.4 Å². The molecule has 1 rings (SSSR count). The van der Waals surface area contributed by atoms with Crippen molar-refractivity contribution in [2.24, 2.45) is 4.99 Å². The third kappa shape index (κ3) is 3.43. The smallest absolute Gasteiger partial charge is 0.106 e. The van der Waals surface area contributed by atoms with E-state index >= 15 is 0 Å². The zero-order chi connectivity index (χ0) is 10.6. The number of nitrogens with zero attached hydrogens (tertiary/aromatic N) is 1. The standard InChI is InChI=1S/C11H13BrClN/c1-3-4-11(13)14-10-6-5-9(12)7-8(10)2/h5-7H,3-4H2,1-2H3. The molecule has 0 saturated heterocycles. The molecule has 76 valence electrons. The number of rotatable bonds is 3. The molecule has 0 bridgehead atoms. The van der Waals surface area contributed by atoms with Gasteiger partial charge in [-0.3, -0.25) is 0 Å². The van der Waals surface area contributed by atoms with Gasteiger partial charge < -0.3 is 0 Å². The molecule has 0 aliphatic heterocycles. The van der Waals surface area contributed by atoms with Crippen LogP contribution in [0.4, 0.5) is 5.69 Å². The van der Waals surface area contributed by atoms with E-state index in [0.29, 0.717) is 5.17 Å². The Kier molecular flexibility index (Phi) is 4.63. The van der Waals surface area contributed by atoms with Crippen molar-refractivity contribution in [2.45, 2.75) is 26.7 Å². The number of aliphatic imine (C=N–C) groups is 1. The van der Waals surface area contributed by atoms with Gasteiger partial charge in [-0.1, -0.05) is 34.5 Å². The third-order valence-corrected chi connectivity index (χ3v) is 2.62. The molecule has 0 heterocycles. The summed E-state index contributed by atoms with van der Waals surface area (Å²) in [6, 6.07) is 5.98. The lowest BCUT2D eigenvalue weighted by molar-refractivity contribution is 1.00. The second-order valence-corrected chi connectivity index (χ2v) is 4.52. The van der Waals surface area contributed by atoms with Gasteiger partial charge in [-0.25, -0.2) is 4.99 Å². The lowest BCUT2D eigenvalue weighted by atomic mass is 10.2. The minimum atomic E-state index is 0.679. The van der Waals surface area contributed by atoms with Crippen molar-refractivity contribution in [1.29, 1.82) is 0 Å². The van der Waals surface area contributed by atoms with Gasteiger partial charge in [0.05, 0.1) is 5.69 Å². The van der Waals surface area contributed by atoms with E-state index < -0.39 is 0 Å². The highest BCUT2D eigenvalue weighted by atomic mass is 79.9. The summed E-state index contributed by atoms with van der Waals surface area (Å²) in [6.07, 6.45) is 1.87. The number of hydrogen-bond acceptors (Lipinski definition) is 1. The molecule has 0 fully saturated rings. The molecule has 0 aliphatic rings. The molecule has 1 nitrogen and oxygen atoms in total. The first-order valence-electron chi connectivity index (χ1n) is 4.62. The first-order chi connectivity index (χ1) is 6.63. The van der Waals surface area contributed by atoms with Crippen LogP contribution in [0.1, 0.15) is 25.3 Å². The van der Waals surface area contributed by atoms with Crippen LogP contribution in [0.5, 0.6) is 0 Å². The molecule has 0 N–H and O–H groups in total. The predicted molar refractivity (Wildman–Crippen MR) is 66.7 cm³/mol. The Labute approximate surface area is 98.3 Å². The van der Waals surface area contributed by atoms with Crippen LogP contribution in [0.25, 0.3) is 0 Å². The van der Waals surface area contributed by atoms with E-state index in [2.05, 4.69) is 27.8 Å². The Hall–Kier alpha value is -0.340. The number of aryl methyl sites for hydroxylation is 1. The van der Waals surface area contributed by atoms with Crippen molar-refractivity contribution in [3.05, 3.63) is 28.2 Å². The summed E-state index contributed by atoms with van der Waals surface area (Å²) >= 11 is 9.38. The molecule has 1 aromatic carbocycles. The molecule has 0 unspecified atom stereocenters. The Morgan fingerprint density at radius 1 is 1.50 bits per heavy atom. The Balaban J connectivity index is 2.91. The molecular weight excluding hydrogens is 261 g/mol. The van der Waals surface area contributed by atoms with Crippen LogP contribution in [-0.2, 0) is 0 Å². The van der Waals surface area contributed by atoms with Crippen LogP contribution in [0, 0.1) is 6.92 Å². The maximum Gasteiger partial charge on any atom is 0.106 e. The molecule has 0 aromatic heterocycles. The quantitative estimate of drug-likeness (QED) is 0.700. The van der Waals surface area contributed by atoms with Gasteiger partial charge in [0.2, 0.25) is 0 Å². The summed E-state index contributed by atoms with van der Waals surface area (Å²) in [6.45, 7) is 4.12. The maximum atomic E-state index is 5.97. The maximum absolute atomic E-state index is 5.97. The fraction of sp³-hybridized carbons (Fsp3) is 0.364. The second-order valence-electron chi connectivity index (χ2n) is 3.17. The molecular formula is C11H13BrClN. The molecule has 14 heavy (non-hydrogen) atoms. The SMILES string of the molecule is CCCC(Cl)=Nc1ccc(Br)cc1C. The average molecular weight is 275 g/mol.